The molecule has 2 rings (SSSR count). The Bertz CT molecular complexity index is 843. The molecule has 0 aliphatic rings. The second-order valence-electron chi connectivity index (χ2n) is 5.67. The number of nitrogens with one attached hydrogen (secondary N) is 2. The molecular formula is C20H22N2O7. The molecule has 2 amide bonds. The van der Waals surface area contributed by atoms with E-state index in [0.29, 0.717) is 22.9 Å². The number of carbonyl (C=O) groups is 3. The third kappa shape index (κ3) is 6.13. The topological polar surface area (TPSA) is 112 Å². The highest BCUT2D eigenvalue weighted by molar-refractivity contribution is 5.97. The lowest BCUT2D eigenvalue weighted by molar-refractivity contribution is -0.146. The van der Waals surface area contributed by atoms with Crippen LogP contribution in [0.4, 0.5) is 5.69 Å². The van der Waals surface area contributed by atoms with Gasteiger partial charge in [0, 0.05) is 11.3 Å². The average Bonchev–Trinajstić information content (AvgIpc) is 2.75. The van der Waals surface area contributed by atoms with E-state index >= 15 is 0 Å². The number of carbonyl (C=O) groups excluding carboxylic acids is 3. The van der Waals surface area contributed by atoms with Crippen molar-refractivity contribution in [1.82, 2.24) is 5.32 Å². The van der Waals surface area contributed by atoms with Crippen molar-refractivity contribution in [1.29, 1.82) is 0 Å². The highest BCUT2D eigenvalue weighted by Gasteiger charge is 2.18. The van der Waals surface area contributed by atoms with Crippen molar-refractivity contribution in [2.45, 2.75) is 0 Å². The lowest BCUT2D eigenvalue weighted by atomic mass is 10.1. The number of hydrogen-bond acceptors (Lipinski definition) is 7. The average molecular weight is 402 g/mol. The minimum absolute atomic E-state index is 0.203. The fourth-order valence-corrected chi connectivity index (χ4v) is 2.38. The van der Waals surface area contributed by atoms with Crippen LogP contribution in [0.5, 0.6) is 17.2 Å². The van der Waals surface area contributed by atoms with Crippen molar-refractivity contribution in [2.24, 2.45) is 0 Å². The molecule has 2 aromatic carbocycles. The van der Waals surface area contributed by atoms with E-state index in [1.807, 2.05) is 6.07 Å². The molecule has 0 unspecified atom stereocenters. The van der Waals surface area contributed by atoms with Crippen molar-refractivity contribution < 1.29 is 33.3 Å². The molecule has 0 aromatic heterocycles. The number of rotatable bonds is 9. The first kappa shape index (κ1) is 21.5. The second-order valence-corrected chi connectivity index (χ2v) is 5.67. The summed E-state index contributed by atoms with van der Waals surface area (Å²) >= 11 is 0. The number of ether oxygens (including phenoxy) is 4. The SMILES string of the molecule is COc1cc(C(=O)NCC(=O)OCC(=O)Nc2ccccc2)cc(OC)c1OC. The highest BCUT2D eigenvalue weighted by atomic mass is 16.5. The van der Waals surface area contributed by atoms with Crippen molar-refractivity contribution >= 4 is 23.5 Å². The molecule has 2 N–H and O–H groups in total. The third-order valence-corrected chi connectivity index (χ3v) is 3.74. The van der Waals surface area contributed by atoms with E-state index in [9.17, 15) is 14.4 Å². The van der Waals surface area contributed by atoms with Crippen molar-refractivity contribution in [3.05, 3.63) is 48.0 Å². The number of para-hydroxylation sites is 1. The van der Waals surface area contributed by atoms with Gasteiger partial charge in [-0.15, -0.1) is 0 Å². The Kier molecular flexibility index (Phi) is 7.84. The summed E-state index contributed by atoms with van der Waals surface area (Å²) in [6.45, 7) is -0.873. The Balaban J connectivity index is 1.87. The van der Waals surface area contributed by atoms with Crippen LogP contribution < -0.4 is 24.8 Å². The first-order valence-corrected chi connectivity index (χ1v) is 8.57. The molecule has 0 aliphatic heterocycles. The molecule has 0 fully saturated rings. The Morgan fingerprint density at radius 1 is 0.897 bits per heavy atom. The van der Waals surface area contributed by atoms with Gasteiger partial charge in [0.05, 0.1) is 21.3 Å². The number of esters is 1. The van der Waals surface area contributed by atoms with Crippen LogP contribution in [0.1, 0.15) is 10.4 Å². The second kappa shape index (κ2) is 10.5. The number of methoxy groups -OCH3 is 3. The summed E-state index contributed by atoms with van der Waals surface area (Å²) in [6, 6.07) is 11.7. The lowest BCUT2D eigenvalue weighted by Gasteiger charge is -2.14. The summed E-state index contributed by atoms with van der Waals surface area (Å²) in [5.41, 5.74) is 0.790. The predicted octanol–water partition coefficient (Wildman–Crippen LogP) is 1.62. The summed E-state index contributed by atoms with van der Waals surface area (Å²) in [7, 11) is 4.30. The first-order valence-electron chi connectivity index (χ1n) is 8.57. The van der Waals surface area contributed by atoms with Gasteiger partial charge in [0.15, 0.2) is 18.1 Å². The number of hydrogen-bond donors (Lipinski definition) is 2. The number of benzene rings is 2. The molecule has 0 atom stereocenters. The molecule has 0 radical (unpaired) electrons. The molecule has 0 spiro atoms. The highest BCUT2D eigenvalue weighted by Crippen LogP contribution is 2.38. The number of anilines is 1. The fourth-order valence-electron chi connectivity index (χ4n) is 2.38. The Morgan fingerprint density at radius 2 is 1.52 bits per heavy atom. The normalized spacial score (nSPS) is 9.90. The van der Waals surface area contributed by atoms with E-state index in [0.717, 1.165) is 0 Å². The van der Waals surface area contributed by atoms with Crippen LogP contribution >= 0.6 is 0 Å². The van der Waals surface area contributed by atoms with Crippen LogP contribution in [-0.2, 0) is 14.3 Å². The van der Waals surface area contributed by atoms with Crippen LogP contribution in [0, 0.1) is 0 Å². The molecule has 29 heavy (non-hydrogen) atoms. The molecule has 9 nitrogen and oxygen atoms in total. The summed E-state index contributed by atoms with van der Waals surface area (Å²) in [4.78, 5) is 35.9. The fraction of sp³-hybridized carbons (Fsp3) is 0.250. The van der Waals surface area contributed by atoms with Gasteiger partial charge in [0.25, 0.3) is 11.8 Å². The first-order chi connectivity index (χ1) is 14.0. The van der Waals surface area contributed by atoms with Gasteiger partial charge in [0.1, 0.15) is 6.54 Å². The molecular weight excluding hydrogens is 380 g/mol. The van der Waals surface area contributed by atoms with Crippen LogP contribution in [-0.4, -0.2) is 52.3 Å². The van der Waals surface area contributed by atoms with Gasteiger partial charge in [-0.2, -0.15) is 0 Å². The Labute approximate surface area is 167 Å². The molecule has 2 aromatic rings. The maximum atomic E-state index is 12.3. The summed E-state index contributed by atoms with van der Waals surface area (Å²) in [5, 5.41) is 5.00. The maximum absolute atomic E-state index is 12.3. The number of amides is 2. The van der Waals surface area contributed by atoms with Gasteiger partial charge in [-0.3, -0.25) is 14.4 Å². The van der Waals surface area contributed by atoms with Crippen molar-refractivity contribution in [3.63, 3.8) is 0 Å². The van der Waals surface area contributed by atoms with Crippen LogP contribution in [0.25, 0.3) is 0 Å². The smallest absolute Gasteiger partial charge is 0.325 e. The summed E-state index contributed by atoms with van der Waals surface area (Å²) < 4.78 is 20.4. The zero-order valence-corrected chi connectivity index (χ0v) is 16.3. The van der Waals surface area contributed by atoms with Gasteiger partial charge in [-0.05, 0) is 24.3 Å². The lowest BCUT2D eigenvalue weighted by Crippen LogP contribution is -2.32. The minimum Gasteiger partial charge on any atom is -0.493 e. The summed E-state index contributed by atoms with van der Waals surface area (Å²) in [5.74, 6) is -0.839. The van der Waals surface area contributed by atoms with Gasteiger partial charge in [-0.1, -0.05) is 18.2 Å². The van der Waals surface area contributed by atoms with E-state index < -0.39 is 30.9 Å². The van der Waals surface area contributed by atoms with E-state index in [4.69, 9.17) is 18.9 Å². The molecule has 0 saturated carbocycles. The zero-order chi connectivity index (χ0) is 21.2. The van der Waals surface area contributed by atoms with Crippen molar-refractivity contribution in [3.8, 4) is 17.2 Å². The molecule has 0 aliphatic carbocycles. The molecule has 0 saturated heterocycles. The van der Waals surface area contributed by atoms with E-state index in [2.05, 4.69) is 10.6 Å². The van der Waals surface area contributed by atoms with Gasteiger partial charge < -0.3 is 29.6 Å². The maximum Gasteiger partial charge on any atom is 0.325 e. The monoisotopic (exact) mass is 402 g/mol. The predicted molar refractivity (Wildman–Crippen MR) is 104 cm³/mol. The minimum atomic E-state index is -0.756. The van der Waals surface area contributed by atoms with Gasteiger partial charge in [-0.25, -0.2) is 0 Å². The quantitative estimate of drug-likeness (QED) is 0.613. The summed E-state index contributed by atoms with van der Waals surface area (Å²) in [6.07, 6.45) is 0. The van der Waals surface area contributed by atoms with Gasteiger partial charge >= 0.3 is 5.97 Å². The molecule has 9 heteroatoms. The molecule has 154 valence electrons. The Morgan fingerprint density at radius 3 is 2.07 bits per heavy atom. The van der Waals surface area contributed by atoms with E-state index in [1.54, 1.807) is 24.3 Å². The third-order valence-electron chi connectivity index (χ3n) is 3.74. The van der Waals surface area contributed by atoms with E-state index in [-0.39, 0.29) is 5.56 Å². The van der Waals surface area contributed by atoms with Crippen LogP contribution in [0.15, 0.2) is 42.5 Å². The van der Waals surface area contributed by atoms with Crippen LogP contribution in [0.3, 0.4) is 0 Å². The standard InChI is InChI=1S/C20H22N2O7/c1-26-15-9-13(10-16(27-2)19(15)28-3)20(25)21-11-18(24)29-12-17(23)22-14-7-5-4-6-8-14/h4-10H,11-12H2,1-3H3,(H,21,25)(H,22,23). The zero-order valence-electron chi connectivity index (χ0n) is 16.3. The molecule has 0 bridgehead atoms. The van der Waals surface area contributed by atoms with Crippen molar-refractivity contribution in [2.75, 3.05) is 39.8 Å². The van der Waals surface area contributed by atoms with Gasteiger partial charge in [0.2, 0.25) is 5.75 Å². The Hall–Kier alpha value is -3.75. The molecule has 0 heterocycles. The van der Waals surface area contributed by atoms with E-state index in [1.165, 1.54) is 33.5 Å². The largest absolute Gasteiger partial charge is 0.493 e. The van der Waals surface area contributed by atoms with Crippen LogP contribution in [0.2, 0.25) is 0 Å².